The van der Waals surface area contributed by atoms with Gasteiger partial charge in [-0.15, -0.1) is 10.2 Å². The minimum atomic E-state index is -3.18. The number of nitrogens with zero attached hydrogens (tertiary/aromatic N) is 5. The van der Waals surface area contributed by atoms with E-state index in [1.54, 1.807) is 0 Å². The molecule has 2 aromatic rings. The number of carbonyl (C=O) groups excluding carboxylic acids is 1. The monoisotopic (exact) mass is 424 g/mol. The van der Waals surface area contributed by atoms with Crippen LogP contribution in [0.5, 0.6) is 0 Å². The van der Waals surface area contributed by atoms with Crippen molar-refractivity contribution in [3.05, 3.63) is 30.1 Å². The molecule has 28 heavy (non-hydrogen) atoms. The Balaban J connectivity index is 1.62. The zero-order valence-corrected chi connectivity index (χ0v) is 17.8. The Morgan fingerprint density at radius 1 is 1.18 bits per heavy atom. The van der Waals surface area contributed by atoms with Crippen LogP contribution in [-0.4, -0.2) is 71.6 Å². The van der Waals surface area contributed by atoms with Crippen molar-refractivity contribution in [1.82, 2.24) is 19.1 Å². The smallest absolute Gasteiger partial charge is 0.234 e. The van der Waals surface area contributed by atoms with Crippen LogP contribution in [0.25, 0.3) is 0 Å². The predicted octanol–water partition coefficient (Wildman–Crippen LogP) is 0.936. The fourth-order valence-corrected chi connectivity index (χ4v) is 4.53. The third-order valence-corrected chi connectivity index (χ3v) is 6.93. The highest BCUT2D eigenvalue weighted by Crippen LogP contribution is 2.27. The Labute approximate surface area is 169 Å². The predicted molar refractivity (Wildman–Crippen MR) is 110 cm³/mol. The largest absolute Gasteiger partial charge is 0.367 e. The molecule has 9 nitrogen and oxygen atoms in total. The maximum absolute atomic E-state index is 12.4. The van der Waals surface area contributed by atoms with Crippen LogP contribution in [0.15, 0.2) is 29.4 Å². The highest BCUT2D eigenvalue weighted by Gasteiger charge is 2.24. The summed E-state index contributed by atoms with van der Waals surface area (Å²) < 4.78 is 26.7. The Bertz CT molecular complexity index is 952. The zero-order valence-electron chi connectivity index (χ0n) is 16.1. The molecule has 2 heterocycles. The second kappa shape index (κ2) is 8.50. The Morgan fingerprint density at radius 3 is 2.46 bits per heavy atom. The van der Waals surface area contributed by atoms with Gasteiger partial charge in [-0.3, -0.25) is 4.79 Å². The maximum atomic E-state index is 12.4. The number of sulfonamides is 1. The summed E-state index contributed by atoms with van der Waals surface area (Å²) in [6.45, 7) is 3.88. The normalized spacial score (nSPS) is 15.6. The first kappa shape index (κ1) is 20.6. The first-order chi connectivity index (χ1) is 13.3. The molecular weight excluding hydrogens is 400 g/mol. The minimum Gasteiger partial charge on any atom is -0.367 e. The van der Waals surface area contributed by atoms with Crippen LogP contribution >= 0.6 is 11.8 Å². The molecule has 0 unspecified atom stereocenters. The molecule has 1 aliphatic rings. The van der Waals surface area contributed by atoms with E-state index >= 15 is 0 Å². The van der Waals surface area contributed by atoms with Crippen molar-refractivity contribution >= 4 is 39.1 Å². The number of thioether (sulfide) groups is 1. The summed E-state index contributed by atoms with van der Waals surface area (Å²) in [6.07, 6.45) is 1.23. The molecule has 1 aliphatic heterocycles. The van der Waals surface area contributed by atoms with Crippen molar-refractivity contribution in [2.75, 3.05) is 48.4 Å². The molecule has 1 fully saturated rings. The maximum Gasteiger partial charge on any atom is 0.234 e. The van der Waals surface area contributed by atoms with Gasteiger partial charge in [-0.2, -0.15) is 4.31 Å². The molecule has 0 radical (unpaired) electrons. The second-order valence-corrected chi connectivity index (χ2v) is 9.52. The molecule has 3 rings (SSSR count). The zero-order chi connectivity index (χ0) is 20.3. The second-order valence-electron chi connectivity index (χ2n) is 6.59. The number of benzene rings is 1. The Kier molecular flexibility index (Phi) is 6.26. The van der Waals surface area contributed by atoms with E-state index in [-0.39, 0.29) is 11.7 Å². The molecule has 0 aliphatic carbocycles. The summed E-state index contributed by atoms with van der Waals surface area (Å²) in [7, 11) is -1.31. The van der Waals surface area contributed by atoms with E-state index in [0.717, 1.165) is 17.2 Å². The van der Waals surface area contributed by atoms with E-state index < -0.39 is 10.0 Å². The molecule has 152 valence electrons. The van der Waals surface area contributed by atoms with E-state index in [4.69, 9.17) is 0 Å². The average Bonchev–Trinajstić information content (AvgIpc) is 2.98. The highest BCUT2D eigenvalue weighted by atomic mass is 32.2. The standard InChI is InChI=1S/C17H24N6O3S2/c1-13-19-20-17(21(13)2)27-12-16(24)18-14-6-4-5-7-15(14)22-8-10-23(11-9-22)28(3,25)26/h4-7H,8-12H2,1-3H3,(H,18,24). The lowest BCUT2D eigenvalue weighted by Gasteiger charge is -2.35. The lowest BCUT2D eigenvalue weighted by molar-refractivity contribution is -0.113. The van der Waals surface area contributed by atoms with Crippen LogP contribution in [0.1, 0.15) is 5.82 Å². The van der Waals surface area contributed by atoms with E-state index in [0.29, 0.717) is 31.3 Å². The van der Waals surface area contributed by atoms with Crippen molar-refractivity contribution in [2.24, 2.45) is 7.05 Å². The molecule has 1 aromatic heterocycles. The number of hydrogen-bond acceptors (Lipinski definition) is 7. The number of hydrogen-bond donors (Lipinski definition) is 1. The lowest BCUT2D eigenvalue weighted by atomic mass is 10.2. The molecule has 1 saturated heterocycles. The van der Waals surface area contributed by atoms with Gasteiger partial charge in [0.2, 0.25) is 15.9 Å². The molecule has 0 spiro atoms. The van der Waals surface area contributed by atoms with Crippen LogP contribution in [0.3, 0.4) is 0 Å². The molecule has 1 aromatic carbocycles. The average molecular weight is 425 g/mol. The number of aromatic nitrogens is 3. The minimum absolute atomic E-state index is 0.132. The van der Waals surface area contributed by atoms with Crippen molar-refractivity contribution in [1.29, 1.82) is 0 Å². The molecule has 0 saturated carbocycles. The van der Waals surface area contributed by atoms with Gasteiger partial charge in [-0.25, -0.2) is 8.42 Å². The van der Waals surface area contributed by atoms with Crippen molar-refractivity contribution < 1.29 is 13.2 Å². The lowest BCUT2D eigenvalue weighted by Crippen LogP contribution is -2.48. The highest BCUT2D eigenvalue weighted by molar-refractivity contribution is 7.99. The SMILES string of the molecule is Cc1nnc(SCC(=O)Nc2ccccc2N2CCN(S(C)(=O)=O)CC2)n1C. The number of amides is 1. The van der Waals surface area contributed by atoms with Crippen LogP contribution in [0.4, 0.5) is 11.4 Å². The fraction of sp³-hybridized carbons (Fsp3) is 0.471. The number of nitrogens with one attached hydrogen (secondary N) is 1. The number of para-hydroxylation sites is 2. The van der Waals surface area contributed by atoms with Gasteiger partial charge >= 0.3 is 0 Å². The molecule has 1 amide bonds. The topological polar surface area (TPSA) is 100 Å². The third kappa shape index (κ3) is 4.83. The van der Waals surface area contributed by atoms with Gasteiger partial charge < -0.3 is 14.8 Å². The van der Waals surface area contributed by atoms with Crippen molar-refractivity contribution in [3.8, 4) is 0 Å². The van der Waals surface area contributed by atoms with Crippen molar-refractivity contribution in [3.63, 3.8) is 0 Å². The molecule has 11 heteroatoms. The number of carbonyl (C=O) groups is 1. The van der Waals surface area contributed by atoms with Crippen LogP contribution < -0.4 is 10.2 Å². The van der Waals surface area contributed by atoms with Gasteiger partial charge in [-0.05, 0) is 19.1 Å². The summed E-state index contributed by atoms with van der Waals surface area (Å²) in [6, 6.07) is 7.56. The van der Waals surface area contributed by atoms with Gasteiger partial charge in [0.1, 0.15) is 5.82 Å². The Hall–Kier alpha value is -2.11. The van der Waals surface area contributed by atoms with E-state index in [1.165, 1.54) is 22.3 Å². The van der Waals surface area contributed by atoms with Crippen LogP contribution in [-0.2, 0) is 21.9 Å². The van der Waals surface area contributed by atoms with E-state index in [9.17, 15) is 13.2 Å². The number of rotatable bonds is 6. The fourth-order valence-electron chi connectivity index (χ4n) is 2.95. The first-order valence-electron chi connectivity index (χ1n) is 8.83. The summed E-state index contributed by atoms with van der Waals surface area (Å²) in [5, 5.41) is 11.7. The van der Waals surface area contributed by atoms with Crippen molar-refractivity contribution in [2.45, 2.75) is 12.1 Å². The summed E-state index contributed by atoms with van der Waals surface area (Å²) >= 11 is 1.33. The van der Waals surface area contributed by atoms with E-state index in [2.05, 4.69) is 20.4 Å². The number of piperazine rings is 1. The van der Waals surface area contributed by atoms with Gasteiger partial charge in [0.15, 0.2) is 5.16 Å². The van der Waals surface area contributed by atoms with Crippen LogP contribution in [0, 0.1) is 6.92 Å². The van der Waals surface area contributed by atoms with Gasteiger partial charge in [-0.1, -0.05) is 23.9 Å². The summed E-state index contributed by atoms with van der Waals surface area (Å²) in [4.78, 5) is 14.5. The molecule has 0 bridgehead atoms. The molecule has 1 N–H and O–H groups in total. The third-order valence-electron chi connectivity index (χ3n) is 4.61. The number of aryl methyl sites for hydroxylation is 1. The summed E-state index contributed by atoms with van der Waals surface area (Å²) in [5.41, 5.74) is 1.61. The Morgan fingerprint density at radius 2 is 1.86 bits per heavy atom. The van der Waals surface area contributed by atoms with Gasteiger partial charge in [0.05, 0.1) is 23.4 Å². The molecular formula is C17H24N6O3S2. The number of anilines is 2. The molecule has 0 atom stereocenters. The summed E-state index contributed by atoms with van der Waals surface area (Å²) in [5.74, 6) is 0.886. The van der Waals surface area contributed by atoms with Gasteiger partial charge in [0.25, 0.3) is 0 Å². The van der Waals surface area contributed by atoms with Gasteiger partial charge in [0, 0.05) is 33.2 Å². The first-order valence-corrected chi connectivity index (χ1v) is 11.7. The van der Waals surface area contributed by atoms with Crippen LogP contribution in [0.2, 0.25) is 0 Å². The quantitative estimate of drug-likeness (QED) is 0.689. The van der Waals surface area contributed by atoms with E-state index in [1.807, 2.05) is 42.8 Å².